The molecule has 1 aromatic heterocycles. The first kappa shape index (κ1) is 20.0. The van der Waals surface area contributed by atoms with Crippen LogP contribution in [0.4, 0.5) is 16.0 Å². The highest BCUT2D eigenvalue weighted by Crippen LogP contribution is 2.36. The van der Waals surface area contributed by atoms with Gasteiger partial charge in [0.2, 0.25) is 15.8 Å². The fraction of sp³-hybridized carbons (Fsp3) is 0.238. The molecule has 5 rings (SSSR count). The third-order valence-corrected chi connectivity index (χ3v) is 7.07. The summed E-state index contributed by atoms with van der Waals surface area (Å²) in [5, 5.41) is 0.487. The van der Waals surface area contributed by atoms with Crippen LogP contribution in [0, 0.1) is 5.82 Å². The molecule has 0 spiro atoms. The van der Waals surface area contributed by atoms with Gasteiger partial charge in [-0.05, 0) is 35.4 Å². The predicted octanol–water partition coefficient (Wildman–Crippen LogP) is 3.39. The molecule has 0 aliphatic carbocycles. The molecule has 0 atom stereocenters. The van der Waals surface area contributed by atoms with Crippen molar-refractivity contribution in [3.63, 3.8) is 0 Å². The average Bonchev–Trinajstić information content (AvgIpc) is 3.08. The Kier molecular flexibility index (Phi) is 4.94. The number of halogens is 2. The molecule has 2 aromatic carbocycles. The van der Waals surface area contributed by atoms with Gasteiger partial charge in [0.1, 0.15) is 16.5 Å². The van der Waals surface area contributed by atoms with Crippen LogP contribution in [0.5, 0.6) is 5.75 Å². The Labute approximate surface area is 184 Å². The standard InChI is InChI=1S/C21H18ClFN4O3S/c22-16-11-24-21(25-12-16)27-7-5-26(6-8-27)18-3-1-14(9-17(18)23)15-2-4-20-19(10-15)30-13-31(20,28)29/h1-4,9-12H,5-8,13H2. The zero-order valence-electron chi connectivity index (χ0n) is 16.3. The average molecular weight is 461 g/mol. The number of sulfone groups is 1. The molecule has 3 heterocycles. The molecule has 1 fully saturated rings. The van der Waals surface area contributed by atoms with Crippen molar-refractivity contribution in [1.29, 1.82) is 0 Å². The van der Waals surface area contributed by atoms with Gasteiger partial charge in [-0.25, -0.2) is 22.8 Å². The Morgan fingerprint density at radius 2 is 1.58 bits per heavy atom. The van der Waals surface area contributed by atoms with Gasteiger partial charge in [-0.15, -0.1) is 0 Å². The highest BCUT2D eigenvalue weighted by molar-refractivity contribution is 7.91. The molecule has 10 heteroatoms. The first-order valence-electron chi connectivity index (χ1n) is 9.68. The Morgan fingerprint density at radius 1 is 0.935 bits per heavy atom. The monoisotopic (exact) mass is 460 g/mol. The minimum absolute atomic E-state index is 0.177. The summed E-state index contributed by atoms with van der Waals surface area (Å²) >= 11 is 5.84. The van der Waals surface area contributed by atoms with Crippen LogP contribution in [0.1, 0.15) is 0 Å². The molecular formula is C21H18ClFN4O3S. The van der Waals surface area contributed by atoms with Gasteiger partial charge in [-0.3, -0.25) is 0 Å². The SMILES string of the molecule is O=S1(=O)COc2cc(-c3ccc(N4CCN(c5ncc(Cl)cn5)CC4)c(F)c3)ccc21. The van der Waals surface area contributed by atoms with E-state index < -0.39 is 9.84 Å². The highest BCUT2D eigenvalue weighted by Gasteiger charge is 2.28. The number of rotatable bonds is 3. The Bertz CT molecular complexity index is 1250. The fourth-order valence-corrected chi connectivity index (χ4v) is 5.03. The van der Waals surface area contributed by atoms with E-state index in [1.165, 1.54) is 12.1 Å². The molecule has 0 N–H and O–H groups in total. The maximum Gasteiger partial charge on any atom is 0.225 e. The molecular weight excluding hydrogens is 443 g/mol. The van der Waals surface area contributed by atoms with E-state index >= 15 is 0 Å². The Balaban J connectivity index is 1.32. The summed E-state index contributed by atoms with van der Waals surface area (Å²) in [5.74, 6) is 0.234. The minimum atomic E-state index is -3.38. The van der Waals surface area contributed by atoms with Crippen LogP contribution in [-0.4, -0.2) is 50.5 Å². The van der Waals surface area contributed by atoms with Crippen LogP contribution in [0.2, 0.25) is 5.02 Å². The summed E-state index contributed by atoms with van der Waals surface area (Å²) in [5.41, 5.74) is 1.89. The van der Waals surface area contributed by atoms with Crippen molar-refractivity contribution >= 4 is 33.1 Å². The van der Waals surface area contributed by atoms with Gasteiger partial charge in [0.15, 0.2) is 5.94 Å². The lowest BCUT2D eigenvalue weighted by Crippen LogP contribution is -2.47. The van der Waals surface area contributed by atoms with E-state index in [-0.39, 0.29) is 16.7 Å². The topological polar surface area (TPSA) is 75.6 Å². The second-order valence-electron chi connectivity index (χ2n) is 7.38. The lowest BCUT2D eigenvalue weighted by atomic mass is 10.0. The minimum Gasteiger partial charge on any atom is -0.476 e. The molecule has 7 nitrogen and oxygen atoms in total. The van der Waals surface area contributed by atoms with Crippen molar-refractivity contribution in [3.05, 3.63) is 59.6 Å². The van der Waals surface area contributed by atoms with Crippen molar-refractivity contribution in [2.24, 2.45) is 0 Å². The first-order valence-corrected chi connectivity index (χ1v) is 11.7. The van der Waals surface area contributed by atoms with Crippen LogP contribution < -0.4 is 14.5 Å². The highest BCUT2D eigenvalue weighted by atomic mass is 35.5. The van der Waals surface area contributed by atoms with Crippen molar-refractivity contribution in [3.8, 4) is 16.9 Å². The Hall–Kier alpha value is -2.91. The molecule has 31 heavy (non-hydrogen) atoms. The second-order valence-corrected chi connectivity index (χ2v) is 9.72. The van der Waals surface area contributed by atoms with Gasteiger partial charge in [0.25, 0.3) is 0 Å². The molecule has 1 saturated heterocycles. The lowest BCUT2D eigenvalue weighted by Gasteiger charge is -2.36. The van der Waals surface area contributed by atoms with Gasteiger partial charge in [0, 0.05) is 26.2 Å². The summed E-state index contributed by atoms with van der Waals surface area (Å²) < 4.78 is 44.0. The number of benzene rings is 2. The van der Waals surface area contributed by atoms with E-state index in [4.69, 9.17) is 16.3 Å². The summed E-state index contributed by atoms with van der Waals surface area (Å²) in [4.78, 5) is 12.7. The Morgan fingerprint density at radius 3 is 2.29 bits per heavy atom. The fourth-order valence-electron chi connectivity index (χ4n) is 3.82. The van der Waals surface area contributed by atoms with Gasteiger partial charge in [0.05, 0.1) is 23.1 Å². The van der Waals surface area contributed by atoms with Crippen LogP contribution in [-0.2, 0) is 9.84 Å². The lowest BCUT2D eigenvalue weighted by molar-refractivity contribution is 0.390. The predicted molar refractivity (Wildman–Crippen MR) is 116 cm³/mol. The molecule has 2 aliphatic rings. The smallest absolute Gasteiger partial charge is 0.225 e. The number of nitrogens with zero attached hydrogens (tertiary/aromatic N) is 4. The number of hydrogen-bond acceptors (Lipinski definition) is 7. The van der Waals surface area contributed by atoms with E-state index in [9.17, 15) is 12.8 Å². The normalized spacial score (nSPS) is 17.4. The maximum atomic E-state index is 15.0. The summed E-state index contributed by atoms with van der Waals surface area (Å²) in [6.07, 6.45) is 3.13. The molecule has 0 amide bonds. The summed E-state index contributed by atoms with van der Waals surface area (Å²) in [6, 6.07) is 9.87. The van der Waals surface area contributed by atoms with Gasteiger partial charge < -0.3 is 14.5 Å². The number of ether oxygens (including phenoxy) is 1. The van der Waals surface area contributed by atoms with Gasteiger partial charge >= 0.3 is 0 Å². The van der Waals surface area contributed by atoms with E-state index in [1.54, 1.807) is 30.6 Å². The number of fused-ring (bicyclic) bond motifs is 1. The van der Waals surface area contributed by atoms with Crippen molar-refractivity contribution in [2.45, 2.75) is 4.90 Å². The third kappa shape index (κ3) is 3.79. The van der Waals surface area contributed by atoms with E-state index in [0.29, 0.717) is 59.7 Å². The van der Waals surface area contributed by atoms with Crippen LogP contribution in [0.15, 0.2) is 53.7 Å². The molecule has 0 unspecified atom stereocenters. The molecule has 0 saturated carbocycles. The molecule has 3 aromatic rings. The van der Waals surface area contributed by atoms with Crippen LogP contribution in [0.3, 0.4) is 0 Å². The number of hydrogen-bond donors (Lipinski definition) is 0. The first-order chi connectivity index (χ1) is 14.9. The molecule has 2 aliphatic heterocycles. The van der Waals surface area contributed by atoms with Crippen LogP contribution >= 0.6 is 11.6 Å². The second kappa shape index (κ2) is 7.65. The molecule has 0 bridgehead atoms. The van der Waals surface area contributed by atoms with Gasteiger partial charge in [-0.1, -0.05) is 23.7 Å². The largest absolute Gasteiger partial charge is 0.476 e. The van der Waals surface area contributed by atoms with Crippen molar-refractivity contribution in [2.75, 3.05) is 41.9 Å². The number of anilines is 2. The summed E-state index contributed by atoms with van der Waals surface area (Å²) in [7, 11) is -3.38. The van der Waals surface area contributed by atoms with E-state index in [0.717, 1.165) is 0 Å². The molecule has 160 valence electrons. The quantitative estimate of drug-likeness (QED) is 0.593. The summed E-state index contributed by atoms with van der Waals surface area (Å²) in [6.45, 7) is 2.60. The zero-order chi connectivity index (χ0) is 21.6. The van der Waals surface area contributed by atoms with Gasteiger partial charge in [-0.2, -0.15) is 0 Å². The van der Waals surface area contributed by atoms with Crippen molar-refractivity contribution in [1.82, 2.24) is 9.97 Å². The van der Waals surface area contributed by atoms with Crippen LogP contribution in [0.25, 0.3) is 11.1 Å². The van der Waals surface area contributed by atoms with Crippen molar-refractivity contribution < 1.29 is 17.5 Å². The van der Waals surface area contributed by atoms with E-state index in [1.807, 2.05) is 15.9 Å². The maximum absolute atomic E-state index is 15.0. The number of aromatic nitrogens is 2. The third-order valence-electron chi connectivity index (χ3n) is 5.44. The molecule has 0 radical (unpaired) electrons. The van der Waals surface area contributed by atoms with E-state index in [2.05, 4.69) is 9.97 Å². The number of piperazine rings is 1. The zero-order valence-corrected chi connectivity index (χ0v) is 17.9.